The summed E-state index contributed by atoms with van der Waals surface area (Å²) in [5.41, 5.74) is 2.17. The largest absolute Gasteiger partial charge is 0.466 e. The van der Waals surface area contributed by atoms with Crippen molar-refractivity contribution in [3.8, 4) is 0 Å². The lowest BCUT2D eigenvalue weighted by Gasteiger charge is -2.26. The van der Waals surface area contributed by atoms with E-state index in [9.17, 15) is 4.79 Å². The van der Waals surface area contributed by atoms with Gasteiger partial charge in [0.05, 0.1) is 12.7 Å². The van der Waals surface area contributed by atoms with Crippen molar-refractivity contribution in [1.29, 1.82) is 0 Å². The van der Waals surface area contributed by atoms with E-state index in [1.165, 1.54) is 12.7 Å². The maximum atomic E-state index is 11.5. The quantitative estimate of drug-likeness (QED) is 0.643. The first-order chi connectivity index (χ1) is 6.69. The highest BCUT2D eigenvalue weighted by Crippen LogP contribution is 2.21. The van der Waals surface area contributed by atoms with Crippen LogP contribution in [0.15, 0.2) is 11.1 Å². The Morgan fingerprint density at radius 3 is 2.86 bits per heavy atom. The molecular weight excluding hydrogens is 178 g/mol. The molecule has 0 atom stereocenters. The average molecular weight is 197 g/mol. The molecule has 3 heteroatoms. The number of esters is 1. The van der Waals surface area contributed by atoms with Crippen LogP contribution in [0.3, 0.4) is 0 Å². The predicted octanol–water partition coefficient (Wildman–Crippen LogP) is 1.59. The number of methoxy groups -OCH3 is 1. The number of nitrogens with zero attached hydrogens (tertiary/aromatic N) is 1. The summed E-state index contributed by atoms with van der Waals surface area (Å²) < 4.78 is 4.79. The first kappa shape index (κ1) is 11.2. The lowest BCUT2D eigenvalue weighted by molar-refractivity contribution is -0.136. The lowest BCUT2D eigenvalue weighted by Crippen LogP contribution is -2.31. The number of rotatable bonds is 3. The van der Waals surface area contributed by atoms with Crippen molar-refractivity contribution in [2.24, 2.45) is 0 Å². The highest BCUT2D eigenvalue weighted by atomic mass is 16.5. The summed E-state index contributed by atoms with van der Waals surface area (Å²) in [5.74, 6) is -0.153. The summed E-state index contributed by atoms with van der Waals surface area (Å²) in [6.07, 6.45) is 3.13. The first-order valence-corrected chi connectivity index (χ1v) is 5.16. The monoisotopic (exact) mass is 197 g/mol. The van der Waals surface area contributed by atoms with Gasteiger partial charge in [-0.15, -0.1) is 0 Å². The van der Waals surface area contributed by atoms with Crippen LogP contribution in [0.25, 0.3) is 0 Å². The zero-order valence-electron chi connectivity index (χ0n) is 9.30. The molecule has 1 heterocycles. The zero-order chi connectivity index (χ0) is 10.6. The van der Waals surface area contributed by atoms with E-state index in [0.717, 1.165) is 37.9 Å². The maximum absolute atomic E-state index is 11.5. The van der Waals surface area contributed by atoms with E-state index < -0.39 is 0 Å². The lowest BCUT2D eigenvalue weighted by atomic mass is 9.96. The van der Waals surface area contributed by atoms with Crippen LogP contribution in [0.4, 0.5) is 0 Å². The molecule has 14 heavy (non-hydrogen) atoms. The van der Waals surface area contributed by atoms with Gasteiger partial charge in [0, 0.05) is 13.1 Å². The van der Waals surface area contributed by atoms with Crippen LogP contribution in [-0.2, 0) is 9.53 Å². The van der Waals surface area contributed by atoms with Gasteiger partial charge in [0.1, 0.15) is 0 Å². The van der Waals surface area contributed by atoms with E-state index in [2.05, 4.69) is 11.8 Å². The minimum atomic E-state index is -0.153. The molecule has 0 aliphatic carbocycles. The van der Waals surface area contributed by atoms with Gasteiger partial charge in [0.25, 0.3) is 0 Å². The topological polar surface area (TPSA) is 29.5 Å². The summed E-state index contributed by atoms with van der Waals surface area (Å²) in [7, 11) is 3.49. The first-order valence-electron chi connectivity index (χ1n) is 5.16. The van der Waals surface area contributed by atoms with E-state index in [0.29, 0.717) is 0 Å². The Morgan fingerprint density at radius 1 is 1.57 bits per heavy atom. The minimum Gasteiger partial charge on any atom is -0.466 e. The van der Waals surface area contributed by atoms with Gasteiger partial charge in [-0.05, 0) is 19.9 Å². The van der Waals surface area contributed by atoms with Crippen LogP contribution in [-0.4, -0.2) is 38.1 Å². The van der Waals surface area contributed by atoms with Gasteiger partial charge >= 0.3 is 5.97 Å². The number of hydrogen-bond donors (Lipinski definition) is 0. The van der Waals surface area contributed by atoms with Crippen molar-refractivity contribution in [3.63, 3.8) is 0 Å². The van der Waals surface area contributed by atoms with Crippen LogP contribution in [0, 0.1) is 0 Å². The SMILES string of the molecule is CCCC1=C(C(=O)OC)CN(C)CC1. The Bertz CT molecular complexity index is 246. The molecule has 0 aromatic heterocycles. The average Bonchev–Trinajstić information content (AvgIpc) is 2.20. The maximum Gasteiger partial charge on any atom is 0.335 e. The van der Waals surface area contributed by atoms with Crippen LogP contribution < -0.4 is 0 Å². The van der Waals surface area contributed by atoms with E-state index in [4.69, 9.17) is 4.74 Å². The van der Waals surface area contributed by atoms with Crippen LogP contribution in [0.1, 0.15) is 26.2 Å². The summed E-state index contributed by atoms with van der Waals surface area (Å²) >= 11 is 0. The molecule has 1 aliphatic heterocycles. The number of carbonyl (C=O) groups excluding carboxylic acids is 1. The van der Waals surface area contributed by atoms with Gasteiger partial charge in [-0.1, -0.05) is 18.9 Å². The number of hydrogen-bond acceptors (Lipinski definition) is 3. The second kappa shape index (κ2) is 5.15. The smallest absolute Gasteiger partial charge is 0.335 e. The van der Waals surface area contributed by atoms with Crippen LogP contribution >= 0.6 is 0 Å². The molecule has 0 N–H and O–H groups in total. The molecular formula is C11H19NO2. The van der Waals surface area contributed by atoms with Crippen molar-refractivity contribution in [1.82, 2.24) is 4.90 Å². The molecule has 0 bridgehead atoms. The molecule has 0 aromatic carbocycles. The Labute approximate surface area is 85.7 Å². The normalized spacial score (nSPS) is 18.5. The molecule has 0 aromatic rings. The third kappa shape index (κ3) is 2.58. The van der Waals surface area contributed by atoms with Gasteiger partial charge < -0.3 is 9.64 Å². The molecule has 0 unspecified atom stereocenters. The second-order valence-corrected chi connectivity index (χ2v) is 3.81. The molecule has 0 fully saturated rings. The fourth-order valence-electron chi connectivity index (χ4n) is 1.85. The van der Waals surface area contributed by atoms with Crippen LogP contribution in [0.5, 0.6) is 0 Å². The van der Waals surface area contributed by atoms with Gasteiger partial charge in [0.15, 0.2) is 0 Å². The zero-order valence-corrected chi connectivity index (χ0v) is 9.30. The molecule has 80 valence electrons. The summed E-state index contributed by atoms with van der Waals surface area (Å²) in [6.45, 7) is 3.93. The number of ether oxygens (including phenoxy) is 1. The van der Waals surface area contributed by atoms with Crippen molar-refractivity contribution in [3.05, 3.63) is 11.1 Å². The fraction of sp³-hybridized carbons (Fsp3) is 0.727. The standard InChI is InChI=1S/C11H19NO2/c1-4-5-9-6-7-12(2)8-10(9)11(13)14-3/h4-8H2,1-3H3. The second-order valence-electron chi connectivity index (χ2n) is 3.81. The molecule has 0 spiro atoms. The van der Waals surface area contributed by atoms with Gasteiger partial charge in [0.2, 0.25) is 0 Å². The summed E-state index contributed by atoms with van der Waals surface area (Å²) in [4.78, 5) is 13.6. The molecule has 0 amide bonds. The summed E-state index contributed by atoms with van der Waals surface area (Å²) in [6, 6.07) is 0. The van der Waals surface area contributed by atoms with Gasteiger partial charge in [-0.25, -0.2) is 4.79 Å². The van der Waals surface area contributed by atoms with Crippen molar-refractivity contribution < 1.29 is 9.53 Å². The molecule has 0 saturated carbocycles. The highest BCUT2D eigenvalue weighted by Gasteiger charge is 2.21. The van der Waals surface area contributed by atoms with Gasteiger partial charge in [-0.2, -0.15) is 0 Å². The molecule has 0 saturated heterocycles. The third-order valence-corrected chi connectivity index (χ3v) is 2.63. The van der Waals surface area contributed by atoms with Gasteiger partial charge in [-0.3, -0.25) is 0 Å². The Morgan fingerprint density at radius 2 is 2.29 bits per heavy atom. The fourth-order valence-corrected chi connectivity index (χ4v) is 1.85. The van der Waals surface area contributed by atoms with Crippen molar-refractivity contribution in [2.75, 3.05) is 27.2 Å². The number of likely N-dealkylation sites (N-methyl/N-ethyl adjacent to an activating group) is 1. The Kier molecular flexibility index (Phi) is 4.14. The summed E-state index contributed by atoms with van der Waals surface area (Å²) in [5, 5.41) is 0. The molecule has 3 nitrogen and oxygen atoms in total. The highest BCUT2D eigenvalue weighted by molar-refractivity contribution is 5.90. The number of carbonyl (C=O) groups is 1. The molecule has 1 aliphatic rings. The van der Waals surface area contributed by atoms with E-state index in [1.54, 1.807) is 0 Å². The van der Waals surface area contributed by atoms with Crippen LogP contribution in [0.2, 0.25) is 0 Å². The van der Waals surface area contributed by atoms with E-state index >= 15 is 0 Å². The minimum absolute atomic E-state index is 0.153. The third-order valence-electron chi connectivity index (χ3n) is 2.63. The van der Waals surface area contributed by atoms with Crippen molar-refractivity contribution >= 4 is 5.97 Å². The molecule has 1 rings (SSSR count). The van der Waals surface area contributed by atoms with E-state index in [-0.39, 0.29) is 5.97 Å². The predicted molar refractivity (Wildman–Crippen MR) is 56.1 cm³/mol. The van der Waals surface area contributed by atoms with E-state index in [1.807, 2.05) is 7.05 Å². The molecule has 0 radical (unpaired) electrons. The van der Waals surface area contributed by atoms with Crippen molar-refractivity contribution in [2.45, 2.75) is 26.2 Å². The Hall–Kier alpha value is -0.830. The Balaban J connectivity index is 2.82.